The molecule has 5 heteroatoms. The van der Waals surface area contributed by atoms with Crippen molar-refractivity contribution in [2.24, 2.45) is 11.7 Å². The van der Waals surface area contributed by atoms with Crippen molar-refractivity contribution >= 4 is 23.3 Å². The average molecular weight is 316 g/mol. The van der Waals surface area contributed by atoms with E-state index in [-0.39, 0.29) is 11.8 Å². The van der Waals surface area contributed by atoms with Crippen molar-refractivity contribution in [2.75, 3.05) is 18.0 Å². The number of anilines is 1. The van der Waals surface area contributed by atoms with E-state index in [0.29, 0.717) is 11.6 Å². The normalized spacial score (nSPS) is 18.2. The van der Waals surface area contributed by atoms with Crippen LogP contribution in [-0.2, 0) is 4.79 Å². The van der Waals surface area contributed by atoms with Gasteiger partial charge in [-0.1, -0.05) is 41.9 Å². The number of amides is 1. The molecule has 0 bridgehead atoms. The Hall–Kier alpha value is -2.07. The third kappa shape index (κ3) is 3.07. The number of carbonyl (C=O) groups is 1. The number of pyridine rings is 1. The summed E-state index contributed by atoms with van der Waals surface area (Å²) in [4.78, 5) is 18.0. The Labute approximate surface area is 134 Å². The first-order valence-electron chi connectivity index (χ1n) is 7.40. The minimum Gasteiger partial charge on any atom is -0.369 e. The van der Waals surface area contributed by atoms with E-state index in [2.05, 4.69) is 9.88 Å². The number of aromatic nitrogens is 1. The van der Waals surface area contributed by atoms with Crippen LogP contribution in [0.3, 0.4) is 0 Å². The van der Waals surface area contributed by atoms with Crippen molar-refractivity contribution in [3.63, 3.8) is 0 Å². The van der Waals surface area contributed by atoms with Gasteiger partial charge in [-0.3, -0.25) is 4.79 Å². The van der Waals surface area contributed by atoms with Crippen LogP contribution in [0.5, 0.6) is 0 Å². The molecule has 1 aromatic carbocycles. The molecule has 1 aliphatic rings. The monoisotopic (exact) mass is 315 g/mol. The van der Waals surface area contributed by atoms with Gasteiger partial charge in [0.1, 0.15) is 5.82 Å². The van der Waals surface area contributed by atoms with Gasteiger partial charge in [0.15, 0.2) is 0 Å². The summed E-state index contributed by atoms with van der Waals surface area (Å²) in [6, 6.07) is 12.0. The number of halogens is 1. The molecule has 3 rings (SSSR count). The molecule has 0 aliphatic carbocycles. The Kier molecular flexibility index (Phi) is 4.29. The number of nitrogens with zero attached hydrogens (tertiary/aromatic N) is 2. The van der Waals surface area contributed by atoms with E-state index in [1.807, 2.05) is 36.4 Å². The largest absolute Gasteiger partial charge is 0.369 e. The van der Waals surface area contributed by atoms with E-state index < -0.39 is 0 Å². The number of hydrogen-bond donors (Lipinski definition) is 1. The van der Waals surface area contributed by atoms with Crippen LogP contribution in [-0.4, -0.2) is 24.0 Å². The highest BCUT2D eigenvalue weighted by molar-refractivity contribution is 6.33. The molecule has 2 aromatic rings. The molecule has 4 nitrogen and oxygen atoms in total. The zero-order valence-corrected chi connectivity index (χ0v) is 13.0. The fourth-order valence-corrected chi connectivity index (χ4v) is 3.07. The van der Waals surface area contributed by atoms with Crippen molar-refractivity contribution in [2.45, 2.75) is 12.8 Å². The van der Waals surface area contributed by atoms with Crippen molar-refractivity contribution in [1.82, 2.24) is 4.98 Å². The van der Waals surface area contributed by atoms with Crippen molar-refractivity contribution < 1.29 is 4.79 Å². The number of carbonyl (C=O) groups excluding carboxylic acids is 1. The van der Waals surface area contributed by atoms with E-state index >= 15 is 0 Å². The highest BCUT2D eigenvalue weighted by Gasteiger charge is 2.25. The highest BCUT2D eigenvalue weighted by atomic mass is 35.5. The Bertz CT molecular complexity index is 675. The van der Waals surface area contributed by atoms with Gasteiger partial charge in [0.2, 0.25) is 5.91 Å². The van der Waals surface area contributed by atoms with Crippen LogP contribution in [0, 0.1) is 5.92 Å². The second-order valence-corrected chi connectivity index (χ2v) is 5.98. The first kappa shape index (κ1) is 14.9. The topological polar surface area (TPSA) is 59.2 Å². The van der Waals surface area contributed by atoms with Crippen LogP contribution < -0.4 is 10.6 Å². The summed E-state index contributed by atoms with van der Waals surface area (Å²) in [5.41, 5.74) is 7.45. The van der Waals surface area contributed by atoms with Gasteiger partial charge in [0.25, 0.3) is 0 Å². The molecule has 114 valence electrons. The van der Waals surface area contributed by atoms with Gasteiger partial charge in [-0.15, -0.1) is 0 Å². The van der Waals surface area contributed by atoms with Crippen molar-refractivity contribution in [3.05, 3.63) is 47.6 Å². The van der Waals surface area contributed by atoms with E-state index in [9.17, 15) is 4.79 Å². The second kappa shape index (κ2) is 6.36. The number of piperidine rings is 1. The third-order valence-corrected chi connectivity index (χ3v) is 4.37. The van der Waals surface area contributed by atoms with Gasteiger partial charge < -0.3 is 10.6 Å². The quantitative estimate of drug-likeness (QED) is 0.946. The van der Waals surface area contributed by atoms with Gasteiger partial charge in [-0.05, 0) is 24.5 Å². The molecule has 1 fully saturated rings. The van der Waals surface area contributed by atoms with Crippen LogP contribution in [0.15, 0.2) is 42.6 Å². The molecule has 1 amide bonds. The van der Waals surface area contributed by atoms with Crippen LogP contribution >= 0.6 is 11.6 Å². The Morgan fingerprint density at radius 3 is 2.82 bits per heavy atom. The zero-order valence-electron chi connectivity index (χ0n) is 12.2. The molecule has 1 unspecified atom stereocenters. The molecular formula is C17H18ClN3O. The molecule has 1 aliphatic heterocycles. The van der Waals surface area contributed by atoms with Gasteiger partial charge in [-0.2, -0.15) is 0 Å². The molecular weight excluding hydrogens is 298 g/mol. The number of hydrogen-bond acceptors (Lipinski definition) is 3. The second-order valence-electron chi connectivity index (χ2n) is 5.58. The van der Waals surface area contributed by atoms with E-state index in [0.717, 1.165) is 36.3 Å². The van der Waals surface area contributed by atoms with E-state index in [1.165, 1.54) is 0 Å². The highest BCUT2D eigenvalue weighted by Crippen LogP contribution is 2.31. The molecule has 0 spiro atoms. The predicted molar refractivity (Wildman–Crippen MR) is 88.8 cm³/mol. The number of rotatable bonds is 3. The summed E-state index contributed by atoms with van der Waals surface area (Å²) in [5.74, 6) is 0.502. The fraction of sp³-hybridized carbons (Fsp3) is 0.294. The summed E-state index contributed by atoms with van der Waals surface area (Å²) in [7, 11) is 0. The summed E-state index contributed by atoms with van der Waals surface area (Å²) in [6.45, 7) is 1.50. The molecule has 22 heavy (non-hydrogen) atoms. The first-order chi connectivity index (χ1) is 10.6. The summed E-state index contributed by atoms with van der Waals surface area (Å²) < 4.78 is 0. The van der Waals surface area contributed by atoms with Gasteiger partial charge in [0.05, 0.1) is 10.9 Å². The number of primary amides is 1. The van der Waals surface area contributed by atoms with Gasteiger partial charge in [-0.25, -0.2) is 4.98 Å². The van der Waals surface area contributed by atoms with E-state index in [4.69, 9.17) is 17.3 Å². The smallest absolute Gasteiger partial charge is 0.222 e. The lowest BCUT2D eigenvalue weighted by Crippen LogP contribution is -2.41. The lowest BCUT2D eigenvalue weighted by atomic mass is 9.97. The standard InChI is InChI=1S/C17H18ClN3O/c18-15-10-20-16(9-14(15)12-5-2-1-3-6-12)21-8-4-7-13(11-21)17(19)22/h1-3,5-6,9-10,13H,4,7-8,11H2,(H2,19,22). The van der Waals surface area contributed by atoms with Crippen LogP contribution in [0.2, 0.25) is 5.02 Å². The maximum absolute atomic E-state index is 11.4. The Balaban J connectivity index is 1.91. The van der Waals surface area contributed by atoms with Crippen molar-refractivity contribution in [1.29, 1.82) is 0 Å². The fourth-order valence-electron chi connectivity index (χ4n) is 2.86. The van der Waals surface area contributed by atoms with Crippen LogP contribution in [0.4, 0.5) is 5.82 Å². The molecule has 1 atom stereocenters. The lowest BCUT2D eigenvalue weighted by molar-refractivity contribution is -0.122. The summed E-state index contributed by atoms with van der Waals surface area (Å²) >= 11 is 6.29. The molecule has 2 N–H and O–H groups in total. The minimum absolute atomic E-state index is 0.105. The molecule has 0 saturated carbocycles. The number of benzene rings is 1. The maximum atomic E-state index is 11.4. The van der Waals surface area contributed by atoms with Crippen LogP contribution in [0.1, 0.15) is 12.8 Å². The molecule has 0 radical (unpaired) electrons. The van der Waals surface area contributed by atoms with Gasteiger partial charge in [0, 0.05) is 24.8 Å². The Morgan fingerprint density at radius 2 is 2.09 bits per heavy atom. The Morgan fingerprint density at radius 1 is 1.32 bits per heavy atom. The third-order valence-electron chi connectivity index (χ3n) is 4.07. The molecule has 1 aromatic heterocycles. The van der Waals surface area contributed by atoms with E-state index in [1.54, 1.807) is 6.20 Å². The predicted octanol–water partition coefficient (Wildman–Crippen LogP) is 3.10. The molecule has 1 saturated heterocycles. The molecule has 2 heterocycles. The van der Waals surface area contributed by atoms with Crippen LogP contribution in [0.25, 0.3) is 11.1 Å². The zero-order chi connectivity index (χ0) is 15.5. The summed E-state index contributed by atoms with van der Waals surface area (Å²) in [5, 5.41) is 0.624. The maximum Gasteiger partial charge on any atom is 0.222 e. The minimum atomic E-state index is -0.234. The van der Waals surface area contributed by atoms with Crippen molar-refractivity contribution in [3.8, 4) is 11.1 Å². The lowest BCUT2D eigenvalue weighted by Gasteiger charge is -2.32. The average Bonchev–Trinajstić information content (AvgIpc) is 2.56. The summed E-state index contributed by atoms with van der Waals surface area (Å²) in [6.07, 6.45) is 3.47. The SMILES string of the molecule is NC(=O)C1CCCN(c2cc(-c3ccccc3)c(Cl)cn2)C1. The first-order valence-corrected chi connectivity index (χ1v) is 7.78. The van der Waals surface area contributed by atoms with Gasteiger partial charge >= 0.3 is 0 Å². The number of nitrogens with two attached hydrogens (primary N) is 1.